The third kappa shape index (κ3) is 8.40. The molecular weight excluding hydrogens is 510 g/mol. The molecule has 3 rings (SSSR count). The number of hydrogen-bond acceptors (Lipinski definition) is 6. The van der Waals surface area contributed by atoms with Gasteiger partial charge < -0.3 is 5.32 Å². The van der Waals surface area contributed by atoms with E-state index in [4.69, 9.17) is 16.4 Å². The maximum Gasteiger partial charge on any atom is 0.260 e. The van der Waals surface area contributed by atoms with Crippen LogP contribution in [0.3, 0.4) is 0 Å². The SMILES string of the molecule is C=C/C(=C\C=C/C)CNC(=C)/N=C1\C(=C/C)C=C(c2ccc(C3=NC(C)ON3)cc2Cl)C(=O)N1CC.CCC. The highest BCUT2D eigenvalue weighted by molar-refractivity contribution is 6.37. The van der Waals surface area contributed by atoms with E-state index in [1.807, 2.05) is 70.2 Å². The van der Waals surface area contributed by atoms with Crippen LogP contribution in [-0.4, -0.2) is 41.8 Å². The number of nitrogens with one attached hydrogen (secondary N) is 2. The van der Waals surface area contributed by atoms with Gasteiger partial charge in [0.2, 0.25) is 0 Å². The molecule has 1 aromatic rings. The van der Waals surface area contributed by atoms with Gasteiger partial charge >= 0.3 is 0 Å². The normalized spacial score (nSPS) is 19.5. The average Bonchev–Trinajstić information content (AvgIpc) is 3.36. The van der Waals surface area contributed by atoms with Crippen molar-refractivity contribution in [2.45, 2.75) is 54.2 Å². The van der Waals surface area contributed by atoms with Crippen LogP contribution >= 0.6 is 11.6 Å². The highest BCUT2D eigenvalue weighted by Crippen LogP contribution is 2.32. The Balaban J connectivity index is 0.00000170. The van der Waals surface area contributed by atoms with Gasteiger partial charge in [-0.05, 0) is 45.4 Å². The number of hydrogen-bond donors (Lipinski definition) is 2. The fraction of sp³-hybridized carbons (Fsp3) is 0.323. The maximum atomic E-state index is 13.5. The molecule has 0 saturated heterocycles. The van der Waals surface area contributed by atoms with Crippen LogP contribution in [0.4, 0.5) is 0 Å². The number of nitrogens with zero attached hydrogens (tertiary/aromatic N) is 3. The molecule has 39 heavy (non-hydrogen) atoms. The van der Waals surface area contributed by atoms with E-state index in [9.17, 15) is 4.79 Å². The lowest BCUT2D eigenvalue weighted by Crippen LogP contribution is -2.41. The molecule has 0 saturated carbocycles. The summed E-state index contributed by atoms with van der Waals surface area (Å²) in [6, 6.07) is 5.46. The van der Waals surface area contributed by atoms with Gasteiger partial charge in [0.05, 0.1) is 0 Å². The molecule has 1 unspecified atom stereocenters. The summed E-state index contributed by atoms with van der Waals surface area (Å²) in [6.07, 6.45) is 12.3. The second kappa shape index (κ2) is 15.7. The van der Waals surface area contributed by atoms with Crippen LogP contribution in [0.5, 0.6) is 0 Å². The first-order chi connectivity index (χ1) is 18.7. The number of amidine groups is 2. The number of likely N-dealkylation sites (N-methyl/N-ethyl adjacent to an activating group) is 1. The zero-order chi connectivity index (χ0) is 28.9. The molecule has 208 valence electrons. The molecule has 8 heteroatoms. The van der Waals surface area contributed by atoms with Gasteiger partial charge in [0.25, 0.3) is 5.91 Å². The molecule has 2 heterocycles. The Labute approximate surface area is 238 Å². The summed E-state index contributed by atoms with van der Waals surface area (Å²) in [6.45, 7) is 20.7. The smallest absolute Gasteiger partial charge is 0.260 e. The van der Waals surface area contributed by atoms with E-state index in [-0.39, 0.29) is 12.1 Å². The number of aliphatic imine (C=N–C) groups is 2. The average molecular weight is 550 g/mol. The lowest BCUT2D eigenvalue weighted by molar-refractivity contribution is -0.121. The minimum Gasteiger partial charge on any atom is -0.366 e. The molecule has 0 radical (unpaired) electrons. The molecule has 1 aromatic carbocycles. The molecule has 2 N–H and O–H groups in total. The van der Waals surface area contributed by atoms with Crippen LogP contribution in [0, 0.1) is 0 Å². The van der Waals surface area contributed by atoms with Crippen molar-refractivity contribution in [1.82, 2.24) is 15.7 Å². The highest BCUT2D eigenvalue weighted by Gasteiger charge is 2.31. The van der Waals surface area contributed by atoms with Gasteiger partial charge in [-0.15, -0.1) is 0 Å². The summed E-state index contributed by atoms with van der Waals surface area (Å²) in [4.78, 5) is 29.5. The molecule has 1 atom stereocenters. The van der Waals surface area contributed by atoms with Gasteiger partial charge in [-0.25, -0.2) is 20.3 Å². The lowest BCUT2D eigenvalue weighted by atomic mass is 9.95. The molecule has 0 bridgehead atoms. The number of rotatable bonds is 9. The molecular formula is C31H40ClN5O2. The van der Waals surface area contributed by atoms with Crippen molar-refractivity contribution in [3.63, 3.8) is 0 Å². The first kappa shape index (κ1) is 31.5. The maximum absolute atomic E-state index is 13.5. The summed E-state index contributed by atoms with van der Waals surface area (Å²) in [5.41, 5.74) is 6.50. The molecule has 2 aliphatic heterocycles. The van der Waals surface area contributed by atoms with Gasteiger partial charge in [0.1, 0.15) is 11.7 Å². The lowest BCUT2D eigenvalue weighted by Gasteiger charge is -2.30. The van der Waals surface area contributed by atoms with Gasteiger partial charge in [0, 0.05) is 40.4 Å². The van der Waals surface area contributed by atoms with E-state index in [1.165, 1.54) is 6.42 Å². The fourth-order valence-corrected chi connectivity index (χ4v) is 3.97. The van der Waals surface area contributed by atoms with Gasteiger partial charge in [-0.2, -0.15) is 0 Å². The Kier molecular flexibility index (Phi) is 12.7. The monoisotopic (exact) mass is 549 g/mol. The third-order valence-electron chi connectivity index (χ3n) is 5.59. The summed E-state index contributed by atoms with van der Waals surface area (Å²) in [7, 11) is 0. The number of benzene rings is 1. The van der Waals surface area contributed by atoms with Crippen LogP contribution in [0.25, 0.3) is 5.57 Å². The quantitative estimate of drug-likeness (QED) is 0.335. The number of carbonyl (C=O) groups is 1. The summed E-state index contributed by atoms with van der Waals surface area (Å²) in [5.74, 6) is 1.40. The van der Waals surface area contributed by atoms with Crippen molar-refractivity contribution < 1.29 is 9.63 Å². The van der Waals surface area contributed by atoms with Crippen molar-refractivity contribution in [2.75, 3.05) is 13.1 Å². The summed E-state index contributed by atoms with van der Waals surface area (Å²) >= 11 is 6.64. The van der Waals surface area contributed by atoms with E-state index >= 15 is 0 Å². The van der Waals surface area contributed by atoms with E-state index in [0.29, 0.717) is 46.7 Å². The van der Waals surface area contributed by atoms with Crippen molar-refractivity contribution in [3.8, 4) is 0 Å². The topological polar surface area (TPSA) is 78.3 Å². The minimum absolute atomic E-state index is 0.183. The Morgan fingerprint density at radius 3 is 2.56 bits per heavy atom. The van der Waals surface area contributed by atoms with E-state index in [1.54, 1.807) is 17.0 Å². The largest absolute Gasteiger partial charge is 0.366 e. The molecule has 0 spiro atoms. The van der Waals surface area contributed by atoms with Gasteiger partial charge in [-0.3, -0.25) is 9.69 Å². The number of halogens is 1. The van der Waals surface area contributed by atoms with Crippen molar-refractivity contribution in [2.24, 2.45) is 9.98 Å². The molecule has 0 fully saturated rings. The molecule has 0 aromatic heterocycles. The first-order valence-electron chi connectivity index (χ1n) is 13.2. The van der Waals surface area contributed by atoms with Crippen LogP contribution in [-0.2, 0) is 9.63 Å². The standard InChI is InChI=1S/C28H32ClN5O2.C3H8/c1-7-11-12-20(8-2)17-30-18(5)31-27-21(9-3)15-24(28(35)34(27)10-4)23-14-13-22(16-25(23)29)26-32-19(6)36-33-26;1-3-2/h7-9,11-16,19,30H,2,5,10,17H2,1,3-4,6H3,(H,32,33);3H2,1-2H3/b11-7-,20-12+,21-9-,31-27+;. The third-order valence-corrected chi connectivity index (χ3v) is 5.90. The Morgan fingerprint density at radius 1 is 1.31 bits per heavy atom. The molecule has 1 amide bonds. The Hall–Kier alpha value is -3.68. The van der Waals surface area contributed by atoms with E-state index in [2.05, 4.69) is 47.8 Å². The van der Waals surface area contributed by atoms with Crippen LogP contribution < -0.4 is 10.8 Å². The Morgan fingerprint density at radius 2 is 2.03 bits per heavy atom. The number of carbonyl (C=O) groups excluding carboxylic acids is 1. The molecule has 7 nitrogen and oxygen atoms in total. The van der Waals surface area contributed by atoms with Gasteiger partial charge in [-0.1, -0.05) is 87.5 Å². The van der Waals surface area contributed by atoms with E-state index < -0.39 is 0 Å². The Bertz CT molecular complexity index is 1250. The van der Waals surface area contributed by atoms with E-state index in [0.717, 1.165) is 16.7 Å². The van der Waals surface area contributed by atoms with Crippen LogP contribution in [0.15, 0.2) is 94.8 Å². The van der Waals surface area contributed by atoms with Crippen molar-refractivity contribution >= 4 is 34.8 Å². The van der Waals surface area contributed by atoms with Crippen LogP contribution in [0.2, 0.25) is 5.02 Å². The number of amides is 1. The second-order valence-electron chi connectivity index (χ2n) is 8.76. The minimum atomic E-state index is -0.272. The van der Waals surface area contributed by atoms with Crippen LogP contribution in [0.1, 0.15) is 59.1 Å². The first-order valence-corrected chi connectivity index (χ1v) is 13.6. The predicted octanol–water partition coefficient (Wildman–Crippen LogP) is 6.72. The number of hydroxylamine groups is 1. The predicted molar refractivity (Wildman–Crippen MR) is 164 cm³/mol. The number of allylic oxidation sites excluding steroid dienone is 4. The summed E-state index contributed by atoms with van der Waals surface area (Å²) in [5, 5.41) is 3.64. The van der Waals surface area contributed by atoms with Crippen molar-refractivity contribution in [1.29, 1.82) is 0 Å². The van der Waals surface area contributed by atoms with Gasteiger partial charge in [0.15, 0.2) is 12.1 Å². The van der Waals surface area contributed by atoms with Crippen molar-refractivity contribution in [3.05, 3.63) is 101 Å². The fourth-order valence-electron chi connectivity index (χ4n) is 3.68. The zero-order valence-electron chi connectivity index (χ0n) is 23.8. The molecule has 0 aliphatic carbocycles. The second-order valence-corrected chi connectivity index (χ2v) is 9.16. The zero-order valence-corrected chi connectivity index (χ0v) is 24.6. The summed E-state index contributed by atoms with van der Waals surface area (Å²) < 4.78 is 0. The molecule has 2 aliphatic rings. The highest BCUT2D eigenvalue weighted by atomic mass is 35.5.